The molecule has 0 atom stereocenters. The van der Waals surface area contributed by atoms with Crippen LogP contribution in [0.3, 0.4) is 0 Å². The van der Waals surface area contributed by atoms with Crippen LogP contribution in [0.2, 0.25) is 0 Å². The van der Waals surface area contributed by atoms with Gasteiger partial charge >= 0.3 is 6.03 Å². The fourth-order valence-electron chi connectivity index (χ4n) is 2.24. The predicted molar refractivity (Wildman–Crippen MR) is 97.9 cm³/mol. The zero-order chi connectivity index (χ0) is 18.1. The monoisotopic (exact) mass is 344 g/mol. The minimum absolute atomic E-state index is 0.308. The summed E-state index contributed by atoms with van der Waals surface area (Å²) < 4.78 is 16.0. The SMILES string of the molecule is CCc1ccc(OCCNC(=O)Nc2ccc(OC)c(OC)c2)cc1. The zero-order valence-electron chi connectivity index (χ0n) is 14.8. The van der Waals surface area contributed by atoms with Crippen molar-refractivity contribution in [2.24, 2.45) is 0 Å². The third kappa shape index (κ3) is 5.60. The van der Waals surface area contributed by atoms with Gasteiger partial charge in [-0.3, -0.25) is 0 Å². The average molecular weight is 344 g/mol. The van der Waals surface area contributed by atoms with Crippen LogP contribution in [0.25, 0.3) is 0 Å². The van der Waals surface area contributed by atoms with Crippen LogP contribution in [0.4, 0.5) is 10.5 Å². The average Bonchev–Trinajstić information content (AvgIpc) is 2.65. The maximum absolute atomic E-state index is 11.9. The van der Waals surface area contributed by atoms with Crippen molar-refractivity contribution >= 4 is 11.7 Å². The van der Waals surface area contributed by atoms with Crippen molar-refractivity contribution in [3.05, 3.63) is 48.0 Å². The van der Waals surface area contributed by atoms with Gasteiger partial charge in [-0.2, -0.15) is 0 Å². The first-order valence-corrected chi connectivity index (χ1v) is 8.15. The molecule has 0 spiro atoms. The maximum atomic E-state index is 11.9. The lowest BCUT2D eigenvalue weighted by atomic mass is 10.2. The number of benzene rings is 2. The first kappa shape index (κ1) is 18.4. The molecule has 0 aliphatic carbocycles. The third-order valence-corrected chi connectivity index (χ3v) is 3.63. The Labute approximate surface area is 148 Å². The van der Waals surface area contributed by atoms with Crippen LogP contribution in [-0.4, -0.2) is 33.4 Å². The van der Waals surface area contributed by atoms with E-state index < -0.39 is 0 Å². The van der Waals surface area contributed by atoms with E-state index in [-0.39, 0.29) is 6.03 Å². The zero-order valence-corrected chi connectivity index (χ0v) is 14.8. The fourth-order valence-corrected chi connectivity index (χ4v) is 2.24. The summed E-state index contributed by atoms with van der Waals surface area (Å²) in [5.74, 6) is 1.95. The van der Waals surface area contributed by atoms with Gasteiger partial charge in [-0.1, -0.05) is 19.1 Å². The van der Waals surface area contributed by atoms with Gasteiger partial charge in [0.05, 0.1) is 20.8 Å². The number of carbonyl (C=O) groups is 1. The summed E-state index contributed by atoms with van der Waals surface area (Å²) in [7, 11) is 3.11. The topological polar surface area (TPSA) is 68.8 Å². The van der Waals surface area contributed by atoms with Crippen molar-refractivity contribution in [1.29, 1.82) is 0 Å². The molecule has 134 valence electrons. The van der Waals surface area contributed by atoms with Gasteiger partial charge in [0.15, 0.2) is 11.5 Å². The van der Waals surface area contributed by atoms with Crippen LogP contribution in [0.1, 0.15) is 12.5 Å². The molecule has 0 bridgehead atoms. The van der Waals surface area contributed by atoms with Crippen LogP contribution in [0, 0.1) is 0 Å². The van der Waals surface area contributed by atoms with E-state index in [9.17, 15) is 4.79 Å². The molecule has 0 aliphatic heterocycles. The third-order valence-electron chi connectivity index (χ3n) is 3.63. The Bertz CT molecular complexity index is 686. The molecule has 2 amide bonds. The lowest BCUT2D eigenvalue weighted by Gasteiger charge is -2.12. The molecule has 0 radical (unpaired) electrons. The Hall–Kier alpha value is -2.89. The lowest BCUT2D eigenvalue weighted by molar-refractivity contribution is 0.247. The second kappa shape index (κ2) is 9.42. The Kier molecular flexibility index (Phi) is 6.95. The fraction of sp³-hybridized carbons (Fsp3) is 0.316. The smallest absolute Gasteiger partial charge is 0.319 e. The summed E-state index contributed by atoms with van der Waals surface area (Å²) in [6.07, 6.45) is 0.998. The normalized spacial score (nSPS) is 10.0. The predicted octanol–water partition coefficient (Wildman–Crippen LogP) is 3.47. The highest BCUT2D eigenvalue weighted by Gasteiger charge is 2.07. The molecule has 6 nitrogen and oxygen atoms in total. The number of urea groups is 1. The molecule has 2 aromatic carbocycles. The standard InChI is InChI=1S/C19H24N2O4/c1-4-14-5-8-16(9-6-14)25-12-11-20-19(22)21-15-7-10-17(23-2)18(13-15)24-3/h5-10,13H,4,11-12H2,1-3H3,(H2,20,21,22). The molecule has 2 N–H and O–H groups in total. The van der Waals surface area contributed by atoms with E-state index in [1.54, 1.807) is 32.4 Å². The molecular weight excluding hydrogens is 320 g/mol. The highest BCUT2D eigenvalue weighted by molar-refractivity contribution is 5.89. The number of methoxy groups -OCH3 is 2. The molecule has 0 saturated heterocycles. The molecule has 2 aromatic rings. The number of amides is 2. The number of anilines is 1. The summed E-state index contributed by atoms with van der Waals surface area (Å²) in [5, 5.41) is 5.48. The van der Waals surface area contributed by atoms with Crippen LogP contribution in [0.15, 0.2) is 42.5 Å². The number of carbonyl (C=O) groups excluding carboxylic acids is 1. The number of aryl methyl sites for hydroxylation is 1. The van der Waals surface area contributed by atoms with E-state index in [0.29, 0.717) is 30.3 Å². The van der Waals surface area contributed by atoms with E-state index in [1.807, 2.05) is 24.3 Å². The molecule has 0 aromatic heterocycles. The molecule has 0 fully saturated rings. The van der Waals surface area contributed by atoms with E-state index in [0.717, 1.165) is 12.2 Å². The molecule has 0 unspecified atom stereocenters. The second-order valence-electron chi connectivity index (χ2n) is 5.30. The summed E-state index contributed by atoms with van der Waals surface area (Å²) in [6.45, 7) is 2.90. The largest absolute Gasteiger partial charge is 0.493 e. The van der Waals surface area contributed by atoms with Crippen LogP contribution in [-0.2, 0) is 6.42 Å². The van der Waals surface area contributed by atoms with Gasteiger partial charge in [-0.15, -0.1) is 0 Å². The quantitative estimate of drug-likeness (QED) is 0.720. The number of ether oxygens (including phenoxy) is 3. The van der Waals surface area contributed by atoms with Crippen molar-refractivity contribution in [2.75, 3.05) is 32.7 Å². The van der Waals surface area contributed by atoms with Crippen molar-refractivity contribution in [1.82, 2.24) is 5.32 Å². The minimum Gasteiger partial charge on any atom is -0.493 e. The molecule has 0 saturated carbocycles. The highest BCUT2D eigenvalue weighted by Crippen LogP contribution is 2.29. The molecule has 6 heteroatoms. The van der Waals surface area contributed by atoms with E-state index in [4.69, 9.17) is 14.2 Å². The number of hydrogen-bond acceptors (Lipinski definition) is 4. The van der Waals surface area contributed by atoms with Gasteiger partial charge in [-0.05, 0) is 36.2 Å². The number of nitrogens with one attached hydrogen (secondary N) is 2. The molecule has 2 rings (SSSR count). The summed E-state index contributed by atoms with van der Waals surface area (Å²) in [5.41, 5.74) is 1.88. The van der Waals surface area contributed by atoms with Crippen molar-refractivity contribution in [2.45, 2.75) is 13.3 Å². The van der Waals surface area contributed by atoms with Crippen molar-refractivity contribution in [3.8, 4) is 17.2 Å². The lowest BCUT2D eigenvalue weighted by Crippen LogP contribution is -2.32. The first-order chi connectivity index (χ1) is 12.2. The first-order valence-electron chi connectivity index (χ1n) is 8.15. The van der Waals surface area contributed by atoms with E-state index >= 15 is 0 Å². The Morgan fingerprint density at radius 1 is 1.00 bits per heavy atom. The van der Waals surface area contributed by atoms with Gasteiger partial charge in [-0.25, -0.2) is 4.79 Å². The number of rotatable bonds is 8. The van der Waals surface area contributed by atoms with Gasteiger partial charge in [0.25, 0.3) is 0 Å². The van der Waals surface area contributed by atoms with Crippen molar-refractivity contribution < 1.29 is 19.0 Å². The number of hydrogen-bond donors (Lipinski definition) is 2. The van der Waals surface area contributed by atoms with Crippen molar-refractivity contribution in [3.63, 3.8) is 0 Å². The minimum atomic E-state index is -0.308. The van der Waals surface area contributed by atoms with Gasteiger partial charge in [0, 0.05) is 11.8 Å². The van der Waals surface area contributed by atoms with Gasteiger partial charge in [0.1, 0.15) is 12.4 Å². The van der Waals surface area contributed by atoms with Crippen LogP contribution < -0.4 is 24.8 Å². The van der Waals surface area contributed by atoms with Gasteiger partial charge in [0.2, 0.25) is 0 Å². The van der Waals surface area contributed by atoms with E-state index in [1.165, 1.54) is 5.56 Å². The molecular formula is C19H24N2O4. The molecule has 0 aliphatic rings. The molecule has 25 heavy (non-hydrogen) atoms. The Morgan fingerprint density at radius 2 is 1.72 bits per heavy atom. The Balaban J connectivity index is 1.75. The molecule has 0 heterocycles. The van der Waals surface area contributed by atoms with Gasteiger partial charge < -0.3 is 24.8 Å². The van der Waals surface area contributed by atoms with E-state index in [2.05, 4.69) is 17.6 Å². The van der Waals surface area contributed by atoms with Crippen LogP contribution >= 0.6 is 0 Å². The summed E-state index contributed by atoms with van der Waals surface area (Å²) in [6, 6.07) is 12.8. The second-order valence-corrected chi connectivity index (χ2v) is 5.30. The highest BCUT2D eigenvalue weighted by atomic mass is 16.5. The summed E-state index contributed by atoms with van der Waals surface area (Å²) in [4.78, 5) is 11.9. The summed E-state index contributed by atoms with van der Waals surface area (Å²) >= 11 is 0. The maximum Gasteiger partial charge on any atom is 0.319 e. The Morgan fingerprint density at radius 3 is 2.36 bits per heavy atom. The van der Waals surface area contributed by atoms with Crippen LogP contribution in [0.5, 0.6) is 17.2 Å².